The number of sulfonamides is 1. The quantitative estimate of drug-likeness (QED) is 0.691. The van der Waals surface area contributed by atoms with Gasteiger partial charge in [-0.25, -0.2) is 22.3 Å². The maximum absolute atomic E-state index is 13.0. The monoisotopic (exact) mass is 311 g/mol. The Hall–Kier alpha value is -1.35. The number of nitrogens with one attached hydrogen (secondary N) is 1. The van der Waals surface area contributed by atoms with E-state index in [1.165, 1.54) is 4.72 Å². The number of rotatable bonds is 2. The molecule has 0 spiro atoms. The van der Waals surface area contributed by atoms with Crippen molar-refractivity contribution in [3.8, 4) is 0 Å². The second kappa shape index (κ2) is 4.26. The first-order valence-corrected chi connectivity index (χ1v) is 6.08. The number of primary amides is 1. The number of nitrogens with two attached hydrogens (primary N) is 2. The number of benzene rings is 1. The predicted octanol–water partition coefficient (Wildman–Crippen LogP) is 0.527. The Labute approximate surface area is 99.0 Å². The lowest BCUT2D eigenvalue weighted by molar-refractivity contribution is 0.253. The Bertz CT molecular complexity index is 546. The van der Waals surface area contributed by atoms with E-state index < -0.39 is 26.8 Å². The summed E-state index contributed by atoms with van der Waals surface area (Å²) in [5, 5.41) is 0. The lowest BCUT2D eigenvalue weighted by Gasteiger charge is -2.08. The number of amides is 2. The smallest absolute Gasteiger partial charge is 0.326 e. The van der Waals surface area contributed by atoms with Crippen LogP contribution in [0.4, 0.5) is 14.9 Å². The van der Waals surface area contributed by atoms with Crippen LogP contribution < -0.4 is 16.2 Å². The van der Waals surface area contributed by atoms with Crippen LogP contribution >= 0.6 is 15.9 Å². The van der Waals surface area contributed by atoms with E-state index in [1.54, 1.807) is 0 Å². The molecule has 1 aromatic rings. The SMILES string of the molecule is NC(=O)NS(=O)(=O)c1cc(Br)c(F)cc1N. The summed E-state index contributed by atoms with van der Waals surface area (Å²) in [7, 11) is -4.18. The lowest BCUT2D eigenvalue weighted by atomic mass is 10.3. The summed E-state index contributed by atoms with van der Waals surface area (Å²) in [5.74, 6) is -0.712. The number of halogens is 2. The van der Waals surface area contributed by atoms with Gasteiger partial charge in [-0.2, -0.15) is 0 Å². The van der Waals surface area contributed by atoms with Crippen molar-refractivity contribution in [2.45, 2.75) is 4.90 Å². The highest BCUT2D eigenvalue weighted by Gasteiger charge is 2.20. The van der Waals surface area contributed by atoms with E-state index in [2.05, 4.69) is 21.7 Å². The standard InChI is InChI=1S/C7H7BrFN3O3S/c8-3-1-6(5(10)2-4(3)9)16(14,15)12-7(11)13/h1-2H,10H2,(H3,11,12,13). The summed E-state index contributed by atoms with van der Waals surface area (Å²) < 4.78 is 37.4. The van der Waals surface area contributed by atoms with Crippen LogP contribution in [0.5, 0.6) is 0 Å². The van der Waals surface area contributed by atoms with E-state index in [1.807, 2.05) is 0 Å². The van der Waals surface area contributed by atoms with E-state index in [-0.39, 0.29) is 10.2 Å². The van der Waals surface area contributed by atoms with E-state index >= 15 is 0 Å². The van der Waals surface area contributed by atoms with Crippen molar-refractivity contribution >= 4 is 37.7 Å². The molecule has 0 aliphatic heterocycles. The van der Waals surface area contributed by atoms with Gasteiger partial charge in [-0.05, 0) is 28.1 Å². The third-order valence-corrected chi connectivity index (χ3v) is 3.59. The molecule has 6 nitrogen and oxygen atoms in total. The lowest BCUT2D eigenvalue weighted by Crippen LogP contribution is -2.35. The molecule has 0 aromatic heterocycles. The first-order valence-electron chi connectivity index (χ1n) is 3.81. The van der Waals surface area contributed by atoms with Crippen molar-refractivity contribution in [3.05, 3.63) is 22.4 Å². The molecule has 0 radical (unpaired) electrons. The zero-order valence-corrected chi connectivity index (χ0v) is 10.1. The molecule has 0 fully saturated rings. The summed E-state index contributed by atoms with van der Waals surface area (Å²) in [6.07, 6.45) is 0. The summed E-state index contributed by atoms with van der Waals surface area (Å²) in [4.78, 5) is 10.0. The summed E-state index contributed by atoms with van der Waals surface area (Å²) in [6, 6.07) is 0.509. The molecule has 9 heteroatoms. The van der Waals surface area contributed by atoms with Crippen LogP contribution in [-0.2, 0) is 10.0 Å². The van der Waals surface area contributed by atoms with Gasteiger partial charge in [0.05, 0.1) is 10.2 Å². The minimum Gasteiger partial charge on any atom is -0.398 e. The molecule has 2 amide bonds. The van der Waals surface area contributed by atoms with Gasteiger partial charge in [0, 0.05) is 0 Å². The molecule has 0 atom stereocenters. The van der Waals surface area contributed by atoms with Crippen molar-refractivity contribution < 1.29 is 17.6 Å². The Kier molecular flexibility index (Phi) is 3.38. The highest BCUT2D eigenvalue weighted by molar-refractivity contribution is 9.10. The van der Waals surface area contributed by atoms with Crippen LogP contribution in [0.15, 0.2) is 21.5 Å². The normalized spacial score (nSPS) is 11.1. The summed E-state index contributed by atoms with van der Waals surface area (Å²) >= 11 is 2.80. The number of anilines is 1. The topological polar surface area (TPSA) is 115 Å². The molecule has 88 valence electrons. The minimum absolute atomic E-state index is 0.0912. The average molecular weight is 312 g/mol. The zero-order valence-electron chi connectivity index (χ0n) is 7.70. The molecule has 0 heterocycles. The van der Waals surface area contributed by atoms with Gasteiger partial charge in [-0.3, -0.25) is 0 Å². The van der Waals surface area contributed by atoms with Gasteiger partial charge in [-0.15, -0.1) is 0 Å². The molecule has 0 bridgehead atoms. The summed E-state index contributed by atoms with van der Waals surface area (Å²) in [5.41, 5.74) is 9.67. The maximum atomic E-state index is 13.0. The van der Waals surface area contributed by atoms with Gasteiger partial charge in [0.1, 0.15) is 10.7 Å². The maximum Gasteiger partial charge on any atom is 0.326 e. The van der Waals surface area contributed by atoms with Gasteiger partial charge in [-0.1, -0.05) is 0 Å². The Balaban J connectivity index is 3.34. The van der Waals surface area contributed by atoms with E-state index in [0.717, 1.165) is 12.1 Å². The summed E-state index contributed by atoms with van der Waals surface area (Å²) in [6.45, 7) is 0. The second-order valence-corrected chi connectivity index (χ2v) is 5.28. The van der Waals surface area contributed by atoms with Crippen molar-refractivity contribution in [2.24, 2.45) is 5.73 Å². The Morgan fingerprint density at radius 3 is 2.50 bits per heavy atom. The first-order chi connectivity index (χ1) is 7.24. The third kappa shape index (κ3) is 2.61. The largest absolute Gasteiger partial charge is 0.398 e. The van der Waals surface area contributed by atoms with Crippen molar-refractivity contribution in [2.75, 3.05) is 5.73 Å². The van der Waals surface area contributed by atoms with Crippen LogP contribution in [0.25, 0.3) is 0 Å². The van der Waals surface area contributed by atoms with Crippen LogP contribution in [0.3, 0.4) is 0 Å². The fourth-order valence-corrected chi connectivity index (χ4v) is 2.48. The number of carbonyl (C=O) groups excluding carboxylic acids is 1. The molecule has 0 aliphatic carbocycles. The molecule has 16 heavy (non-hydrogen) atoms. The second-order valence-electron chi connectivity index (χ2n) is 2.77. The van der Waals surface area contributed by atoms with Gasteiger partial charge in [0.15, 0.2) is 0 Å². The van der Waals surface area contributed by atoms with Gasteiger partial charge >= 0.3 is 6.03 Å². The van der Waals surface area contributed by atoms with E-state index in [0.29, 0.717) is 0 Å². The highest BCUT2D eigenvalue weighted by Crippen LogP contribution is 2.25. The molecule has 5 N–H and O–H groups in total. The van der Waals surface area contributed by atoms with Crippen LogP contribution in [0.1, 0.15) is 0 Å². The van der Waals surface area contributed by atoms with Crippen molar-refractivity contribution in [3.63, 3.8) is 0 Å². The molecular weight excluding hydrogens is 305 g/mol. The van der Waals surface area contributed by atoms with E-state index in [9.17, 15) is 17.6 Å². The number of nitrogen functional groups attached to an aromatic ring is 1. The number of hydrogen-bond acceptors (Lipinski definition) is 4. The molecule has 0 aliphatic rings. The van der Waals surface area contributed by atoms with Crippen LogP contribution in [-0.4, -0.2) is 14.4 Å². The van der Waals surface area contributed by atoms with Crippen LogP contribution in [0.2, 0.25) is 0 Å². The Morgan fingerprint density at radius 1 is 1.44 bits per heavy atom. The fraction of sp³-hybridized carbons (Fsp3) is 0. The van der Waals surface area contributed by atoms with Crippen molar-refractivity contribution in [1.29, 1.82) is 0 Å². The highest BCUT2D eigenvalue weighted by atomic mass is 79.9. The number of carbonyl (C=O) groups is 1. The third-order valence-electron chi connectivity index (χ3n) is 1.58. The molecule has 0 saturated heterocycles. The van der Waals surface area contributed by atoms with Gasteiger partial charge in [0.2, 0.25) is 0 Å². The minimum atomic E-state index is -4.18. The molecule has 1 aromatic carbocycles. The molecule has 1 rings (SSSR count). The number of urea groups is 1. The molecule has 0 unspecified atom stereocenters. The number of hydrogen-bond donors (Lipinski definition) is 3. The van der Waals surface area contributed by atoms with Crippen LogP contribution in [0, 0.1) is 5.82 Å². The first kappa shape index (κ1) is 12.7. The average Bonchev–Trinajstić information content (AvgIpc) is 2.08. The Morgan fingerprint density at radius 2 is 2.00 bits per heavy atom. The van der Waals surface area contributed by atoms with E-state index in [4.69, 9.17) is 5.73 Å². The van der Waals surface area contributed by atoms with Gasteiger partial charge < -0.3 is 11.5 Å². The van der Waals surface area contributed by atoms with Crippen molar-refractivity contribution in [1.82, 2.24) is 4.72 Å². The molecular formula is C7H7BrFN3O3S. The molecule has 0 saturated carbocycles. The van der Waals surface area contributed by atoms with Gasteiger partial charge in [0.25, 0.3) is 10.0 Å². The zero-order chi connectivity index (χ0) is 12.5. The fourth-order valence-electron chi connectivity index (χ4n) is 0.964. The predicted molar refractivity (Wildman–Crippen MR) is 58.4 cm³/mol.